The molecule has 0 radical (unpaired) electrons. The fraction of sp³-hybridized carbons (Fsp3) is 0.217. The highest BCUT2D eigenvalue weighted by Crippen LogP contribution is 2.27. The number of carbonyl (C=O) groups is 1. The first-order chi connectivity index (χ1) is 14.7. The summed E-state index contributed by atoms with van der Waals surface area (Å²) >= 11 is 0. The lowest BCUT2D eigenvalue weighted by molar-refractivity contribution is -0.118. The van der Waals surface area contributed by atoms with Gasteiger partial charge in [0.05, 0.1) is 15.4 Å². The predicted molar refractivity (Wildman–Crippen MR) is 117 cm³/mol. The minimum absolute atomic E-state index is 0.0317. The van der Waals surface area contributed by atoms with Gasteiger partial charge in [-0.25, -0.2) is 18.4 Å². The highest BCUT2D eigenvalue weighted by molar-refractivity contribution is 7.92. The fourth-order valence-corrected chi connectivity index (χ4v) is 4.49. The molecule has 8 heteroatoms. The Bertz CT molecular complexity index is 1200. The Morgan fingerprint density at radius 1 is 1.10 bits per heavy atom. The van der Waals surface area contributed by atoms with E-state index in [9.17, 15) is 17.8 Å². The molecular weight excluding hydrogens is 420 g/mol. The molecule has 31 heavy (non-hydrogen) atoms. The standard InChI is InChI=1S/C23H23F2N3O2S/c1-3-22(29)28(2)21-11-8-18(15-20(21)24)16-6-9-19(10-7-16)31(26,30)14-12-17-5-4-13-27-23(17)25/h4-11,13,15,26H,3,12,14H2,1-2H3. The van der Waals surface area contributed by atoms with E-state index in [4.69, 9.17) is 4.78 Å². The summed E-state index contributed by atoms with van der Waals surface area (Å²) in [4.78, 5) is 17.0. The third-order valence-corrected chi connectivity index (χ3v) is 6.86. The van der Waals surface area contributed by atoms with Gasteiger partial charge in [-0.2, -0.15) is 4.39 Å². The van der Waals surface area contributed by atoms with E-state index in [-0.39, 0.29) is 30.2 Å². The smallest absolute Gasteiger partial charge is 0.226 e. The van der Waals surface area contributed by atoms with Crippen molar-refractivity contribution in [3.05, 3.63) is 78.1 Å². The van der Waals surface area contributed by atoms with Crippen LogP contribution in [0.2, 0.25) is 0 Å². The molecule has 3 rings (SSSR count). The molecule has 0 fully saturated rings. The van der Waals surface area contributed by atoms with Crippen molar-refractivity contribution in [1.82, 2.24) is 4.98 Å². The van der Waals surface area contributed by atoms with Crippen LogP contribution in [0, 0.1) is 16.5 Å². The Morgan fingerprint density at radius 2 is 1.77 bits per heavy atom. The summed E-state index contributed by atoms with van der Waals surface area (Å²) in [5.74, 6) is -1.36. The highest BCUT2D eigenvalue weighted by Gasteiger charge is 2.15. The van der Waals surface area contributed by atoms with E-state index in [2.05, 4.69) is 4.98 Å². The van der Waals surface area contributed by atoms with Crippen LogP contribution in [0.3, 0.4) is 0 Å². The number of aromatic nitrogens is 1. The van der Waals surface area contributed by atoms with Crippen LogP contribution in [0.25, 0.3) is 11.1 Å². The molecule has 1 amide bonds. The lowest BCUT2D eigenvalue weighted by Crippen LogP contribution is -2.25. The summed E-state index contributed by atoms with van der Waals surface area (Å²) in [6, 6.07) is 14.2. The van der Waals surface area contributed by atoms with Gasteiger partial charge in [-0.1, -0.05) is 31.2 Å². The van der Waals surface area contributed by atoms with Crippen LogP contribution in [-0.4, -0.2) is 27.9 Å². The maximum Gasteiger partial charge on any atom is 0.226 e. The van der Waals surface area contributed by atoms with Gasteiger partial charge in [-0.05, 0) is 47.9 Å². The molecule has 1 N–H and O–H groups in total. The Labute approximate surface area is 180 Å². The van der Waals surface area contributed by atoms with Crippen molar-refractivity contribution in [1.29, 1.82) is 4.78 Å². The average Bonchev–Trinajstić information content (AvgIpc) is 2.77. The summed E-state index contributed by atoms with van der Waals surface area (Å²) in [5.41, 5.74) is 1.80. The maximum absolute atomic E-state index is 14.5. The number of nitrogens with zero attached hydrogens (tertiary/aromatic N) is 2. The Hall–Kier alpha value is -3.13. The molecular formula is C23H23F2N3O2S. The lowest BCUT2D eigenvalue weighted by atomic mass is 10.0. The zero-order chi connectivity index (χ0) is 22.6. The molecule has 0 spiro atoms. The minimum atomic E-state index is -3.13. The van der Waals surface area contributed by atoms with Crippen molar-refractivity contribution in [3.63, 3.8) is 0 Å². The quantitative estimate of drug-likeness (QED) is 0.520. The van der Waals surface area contributed by atoms with E-state index in [0.29, 0.717) is 21.6 Å². The van der Waals surface area contributed by atoms with Crippen molar-refractivity contribution in [2.24, 2.45) is 0 Å². The number of hydrogen-bond donors (Lipinski definition) is 1. The normalized spacial score (nSPS) is 12.9. The molecule has 5 nitrogen and oxygen atoms in total. The average molecular weight is 444 g/mol. The number of halogens is 2. The predicted octanol–water partition coefficient (Wildman–Crippen LogP) is 5.05. The van der Waals surface area contributed by atoms with E-state index in [1.165, 1.54) is 24.2 Å². The summed E-state index contributed by atoms with van der Waals surface area (Å²) < 4.78 is 49.2. The molecule has 1 heterocycles. The number of aryl methyl sites for hydroxylation is 1. The largest absolute Gasteiger partial charge is 0.313 e. The van der Waals surface area contributed by atoms with E-state index in [0.717, 1.165) is 0 Å². The van der Waals surface area contributed by atoms with Crippen LogP contribution in [0.4, 0.5) is 14.5 Å². The lowest BCUT2D eigenvalue weighted by Gasteiger charge is -2.18. The van der Waals surface area contributed by atoms with Crippen LogP contribution < -0.4 is 4.90 Å². The van der Waals surface area contributed by atoms with Gasteiger partial charge in [0.1, 0.15) is 5.82 Å². The highest BCUT2D eigenvalue weighted by atomic mass is 32.2. The second kappa shape index (κ2) is 9.34. The molecule has 0 aliphatic rings. The molecule has 2 aromatic carbocycles. The number of amides is 1. The first-order valence-electron chi connectivity index (χ1n) is 9.75. The molecule has 0 aliphatic carbocycles. The minimum Gasteiger partial charge on any atom is -0.313 e. The van der Waals surface area contributed by atoms with E-state index < -0.39 is 21.5 Å². The third-order valence-electron chi connectivity index (χ3n) is 5.05. The van der Waals surface area contributed by atoms with Gasteiger partial charge in [0.2, 0.25) is 11.9 Å². The van der Waals surface area contributed by atoms with Gasteiger partial charge in [-0.15, -0.1) is 0 Å². The number of anilines is 1. The zero-order valence-corrected chi connectivity index (χ0v) is 18.1. The van der Waals surface area contributed by atoms with Gasteiger partial charge in [-0.3, -0.25) is 4.79 Å². The second-order valence-electron chi connectivity index (χ2n) is 7.08. The molecule has 1 unspecified atom stereocenters. The topological polar surface area (TPSA) is 74.1 Å². The molecule has 162 valence electrons. The molecule has 0 aliphatic heterocycles. The van der Waals surface area contributed by atoms with Gasteiger partial charge < -0.3 is 4.90 Å². The summed E-state index contributed by atoms with van der Waals surface area (Å²) in [6.45, 7) is 1.71. The van der Waals surface area contributed by atoms with Crippen molar-refractivity contribution >= 4 is 21.3 Å². The Balaban J connectivity index is 1.77. The number of pyridine rings is 1. The molecule has 0 saturated carbocycles. The number of benzene rings is 2. The van der Waals surface area contributed by atoms with E-state index >= 15 is 0 Å². The summed E-state index contributed by atoms with van der Waals surface area (Å²) in [6.07, 6.45) is 1.75. The third kappa shape index (κ3) is 5.14. The SMILES string of the molecule is CCC(=O)N(C)c1ccc(-c2ccc(S(=N)(=O)CCc3cccnc3F)cc2)cc1F. The van der Waals surface area contributed by atoms with E-state index in [1.807, 2.05) is 0 Å². The number of rotatable bonds is 7. The molecule has 0 saturated heterocycles. The first kappa shape index (κ1) is 22.6. The summed E-state index contributed by atoms with van der Waals surface area (Å²) in [7, 11) is -1.60. The van der Waals surface area contributed by atoms with Gasteiger partial charge in [0.25, 0.3) is 0 Å². The van der Waals surface area contributed by atoms with Crippen molar-refractivity contribution < 1.29 is 17.8 Å². The Morgan fingerprint density at radius 3 is 2.39 bits per heavy atom. The maximum atomic E-state index is 14.5. The van der Waals surface area contributed by atoms with Gasteiger partial charge in [0, 0.05) is 35.9 Å². The number of nitrogens with one attached hydrogen (secondary N) is 1. The molecule has 1 aromatic heterocycles. The molecule has 0 bridgehead atoms. The van der Waals surface area contributed by atoms with Crippen molar-refractivity contribution in [3.8, 4) is 11.1 Å². The molecule has 1 atom stereocenters. The van der Waals surface area contributed by atoms with Crippen molar-refractivity contribution in [2.45, 2.75) is 24.7 Å². The number of hydrogen-bond acceptors (Lipinski definition) is 4. The van der Waals surface area contributed by atoms with Crippen LogP contribution in [0.1, 0.15) is 18.9 Å². The van der Waals surface area contributed by atoms with Crippen molar-refractivity contribution in [2.75, 3.05) is 17.7 Å². The zero-order valence-electron chi connectivity index (χ0n) is 17.3. The number of carbonyl (C=O) groups excluding carboxylic acids is 1. The van der Waals surface area contributed by atoms with Gasteiger partial charge in [0.15, 0.2) is 0 Å². The van der Waals surface area contributed by atoms with E-state index in [1.54, 1.807) is 55.5 Å². The Kier molecular flexibility index (Phi) is 6.80. The summed E-state index contributed by atoms with van der Waals surface area (Å²) in [5, 5.41) is 0. The molecule has 3 aromatic rings. The van der Waals surface area contributed by atoms with Crippen LogP contribution in [0.5, 0.6) is 0 Å². The monoisotopic (exact) mass is 443 g/mol. The second-order valence-corrected chi connectivity index (χ2v) is 9.31. The van der Waals surface area contributed by atoms with Gasteiger partial charge >= 0.3 is 0 Å². The van der Waals surface area contributed by atoms with Crippen LogP contribution >= 0.6 is 0 Å². The van der Waals surface area contributed by atoms with Crippen LogP contribution in [0.15, 0.2) is 65.7 Å². The van der Waals surface area contributed by atoms with Crippen LogP contribution in [-0.2, 0) is 20.9 Å². The fourth-order valence-electron chi connectivity index (χ4n) is 3.17. The first-order valence-corrected chi connectivity index (χ1v) is 11.5.